The lowest BCUT2D eigenvalue weighted by Gasteiger charge is -2.33. The fourth-order valence-electron chi connectivity index (χ4n) is 1.54. The average molecular weight is 199 g/mol. The van der Waals surface area contributed by atoms with Crippen LogP contribution in [0.5, 0.6) is 0 Å². The molecule has 0 saturated heterocycles. The monoisotopic (exact) mass is 199 g/mol. The van der Waals surface area contributed by atoms with Crippen molar-refractivity contribution in [1.82, 2.24) is 4.90 Å². The third kappa shape index (κ3) is 3.66. The molecular weight excluding hydrogens is 178 g/mol. The zero-order chi connectivity index (χ0) is 10.4. The van der Waals surface area contributed by atoms with E-state index in [1.54, 1.807) is 0 Å². The van der Waals surface area contributed by atoms with Crippen molar-refractivity contribution in [1.29, 1.82) is 0 Å². The summed E-state index contributed by atoms with van der Waals surface area (Å²) in [5.41, 5.74) is 0. The van der Waals surface area contributed by atoms with Crippen LogP contribution in [0.15, 0.2) is 0 Å². The molecule has 0 aromatic heterocycles. The number of hydrogen-bond donors (Lipinski definition) is 0. The minimum absolute atomic E-state index is 0.0761. The van der Waals surface area contributed by atoms with Gasteiger partial charge in [-0.3, -0.25) is 9.69 Å². The standard InChI is InChI=1S/C11H21NO2/c1-3-4-8-14-11(13)9-12(2)10-6-5-7-10/h10H,3-9H2,1-2H3. The molecule has 0 bridgehead atoms. The first kappa shape index (κ1) is 11.5. The molecule has 0 unspecified atom stereocenters. The van der Waals surface area contributed by atoms with Gasteiger partial charge in [0.15, 0.2) is 0 Å². The van der Waals surface area contributed by atoms with Crippen molar-refractivity contribution in [3.63, 3.8) is 0 Å². The Morgan fingerprint density at radius 3 is 2.71 bits per heavy atom. The molecule has 1 rings (SSSR count). The third-order valence-corrected chi connectivity index (χ3v) is 2.84. The summed E-state index contributed by atoms with van der Waals surface area (Å²) < 4.78 is 5.09. The van der Waals surface area contributed by atoms with Crippen molar-refractivity contribution < 1.29 is 9.53 Å². The maximum atomic E-state index is 11.3. The Kier molecular flexibility index (Phi) is 4.94. The number of rotatable bonds is 6. The van der Waals surface area contributed by atoms with Gasteiger partial charge >= 0.3 is 5.97 Å². The number of likely N-dealkylation sites (N-methyl/N-ethyl adjacent to an activating group) is 1. The van der Waals surface area contributed by atoms with E-state index in [1.807, 2.05) is 7.05 Å². The van der Waals surface area contributed by atoms with Crippen LogP contribution in [0.25, 0.3) is 0 Å². The molecule has 3 heteroatoms. The molecule has 0 aromatic carbocycles. The number of esters is 1. The predicted octanol–water partition coefficient (Wildman–Crippen LogP) is 1.81. The maximum absolute atomic E-state index is 11.3. The first-order valence-corrected chi connectivity index (χ1v) is 5.60. The average Bonchev–Trinajstić information content (AvgIpc) is 2.00. The Balaban J connectivity index is 2.06. The van der Waals surface area contributed by atoms with E-state index in [1.165, 1.54) is 19.3 Å². The molecular formula is C11H21NO2. The number of hydrogen-bond acceptors (Lipinski definition) is 3. The van der Waals surface area contributed by atoms with Gasteiger partial charge in [-0.1, -0.05) is 19.8 Å². The Hall–Kier alpha value is -0.570. The minimum Gasteiger partial charge on any atom is -0.465 e. The summed E-state index contributed by atoms with van der Waals surface area (Å²) in [5, 5.41) is 0. The molecule has 0 aliphatic heterocycles. The quantitative estimate of drug-likeness (QED) is 0.482. The maximum Gasteiger partial charge on any atom is 0.320 e. The van der Waals surface area contributed by atoms with Gasteiger partial charge in [0.1, 0.15) is 0 Å². The second-order valence-electron chi connectivity index (χ2n) is 4.07. The summed E-state index contributed by atoms with van der Waals surface area (Å²) in [4.78, 5) is 13.4. The molecule has 3 nitrogen and oxygen atoms in total. The van der Waals surface area contributed by atoms with E-state index < -0.39 is 0 Å². The molecule has 0 spiro atoms. The highest BCUT2D eigenvalue weighted by Gasteiger charge is 2.23. The van der Waals surface area contributed by atoms with Crippen LogP contribution in [0.2, 0.25) is 0 Å². The van der Waals surface area contributed by atoms with E-state index in [2.05, 4.69) is 11.8 Å². The molecule has 14 heavy (non-hydrogen) atoms. The van der Waals surface area contributed by atoms with E-state index in [0.29, 0.717) is 19.2 Å². The summed E-state index contributed by atoms with van der Waals surface area (Å²) in [7, 11) is 2.00. The minimum atomic E-state index is -0.0761. The van der Waals surface area contributed by atoms with Crippen molar-refractivity contribution in [2.24, 2.45) is 0 Å². The van der Waals surface area contributed by atoms with Crippen LogP contribution in [-0.4, -0.2) is 37.1 Å². The van der Waals surface area contributed by atoms with E-state index in [0.717, 1.165) is 12.8 Å². The lowest BCUT2D eigenvalue weighted by atomic mass is 9.92. The molecule has 1 aliphatic carbocycles. The Bertz CT molecular complexity index is 178. The lowest BCUT2D eigenvalue weighted by Crippen LogP contribution is -2.40. The number of carbonyl (C=O) groups is 1. The summed E-state index contributed by atoms with van der Waals surface area (Å²) in [6, 6.07) is 0.619. The van der Waals surface area contributed by atoms with Gasteiger partial charge in [-0.15, -0.1) is 0 Å². The Labute approximate surface area is 86.4 Å². The second kappa shape index (κ2) is 6.02. The van der Waals surface area contributed by atoms with Crippen molar-refractivity contribution in [3.05, 3.63) is 0 Å². The normalized spacial score (nSPS) is 16.8. The second-order valence-corrected chi connectivity index (χ2v) is 4.07. The fourth-order valence-corrected chi connectivity index (χ4v) is 1.54. The van der Waals surface area contributed by atoms with Crippen molar-refractivity contribution in [3.8, 4) is 0 Å². The molecule has 0 atom stereocenters. The first-order valence-electron chi connectivity index (χ1n) is 5.60. The van der Waals surface area contributed by atoms with Crippen molar-refractivity contribution in [2.45, 2.75) is 45.1 Å². The van der Waals surface area contributed by atoms with Gasteiger partial charge in [0, 0.05) is 6.04 Å². The van der Waals surface area contributed by atoms with Crippen LogP contribution in [0.4, 0.5) is 0 Å². The van der Waals surface area contributed by atoms with Crippen molar-refractivity contribution in [2.75, 3.05) is 20.2 Å². The third-order valence-electron chi connectivity index (χ3n) is 2.84. The van der Waals surface area contributed by atoms with Gasteiger partial charge in [-0.2, -0.15) is 0 Å². The Morgan fingerprint density at radius 2 is 2.21 bits per heavy atom. The summed E-state index contributed by atoms with van der Waals surface area (Å²) >= 11 is 0. The molecule has 0 aromatic rings. The molecule has 0 heterocycles. The van der Waals surface area contributed by atoms with Crippen LogP contribution < -0.4 is 0 Å². The highest BCUT2D eigenvalue weighted by molar-refractivity contribution is 5.71. The van der Waals surface area contributed by atoms with E-state index in [4.69, 9.17) is 4.74 Å². The van der Waals surface area contributed by atoms with Gasteiger partial charge in [-0.05, 0) is 26.3 Å². The zero-order valence-corrected chi connectivity index (χ0v) is 9.29. The summed E-state index contributed by atoms with van der Waals surface area (Å²) in [6.07, 6.45) is 5.82. The molecule has 1 aliphatic rings. The number of nitrogens with zero attached hydrogens (tertiary/aromatic N) is 1. The number of ether oxygens (including phenoxy) is 1. The smallest absolute Gasteiger partial charge is 0.320 e. The molecule has 0 amide bonds. The molecule has 82 valence electrons. The van der Waals surface area contributed by atoms with Crippen molar-refractivity contribution >= 4 is 5.97 Å². The van der Waals surface area contributed by atoms with Crippen LogP contribution in [0.1, 0.15) is 39.0 Å². The molecule has 0 radical (unpaired) electrons. The first-order chi connectivity index (χ1) is 6.74. The largest absolute Gasteiger partial charge is 0.465 e. The van der Waals surface area contributed by atoms with E-state index in [-0.39, 0.29) is 5.97 Å². The Morgan fingerprint density at radius 1 is 1.50 bits per heavy atom. The number of unbranched alkanes of at least 4 members (excludes halogenated alkanes) is 1. The van der Waals surface area contributed by atoms with Gasteiger partial charge < -0.3 is 4.74 Å². The van der Waals surface area contributed by atoms with E-state index in [9.17, 15) is 4.79 Å². The van der Waals surface area contributed by atoms with Gasteiger partial charge in [0.05, 0.1) is 13.2 Å². The zero-order valence-electron chi connectivity index (χ0n) is 9.29. The fraction of sp³-hybridized carbons (Fsp3) is 0.909. The molecule has 1 fully saturated rings. The van der Waals surface area contributed by atoms with Crippen LogP contribution in [-0.2, 0) is 9.53 Å². The van der Waals surface area contributed by atoms with Crippen LogP contribution in [0, 0.1) is 0 Å². The van der Waals surface area contributed by atoms with Crippen LogP contribution >= 0.6 is 0 Å². The predicted molar refractivity (Wildman–Crippen MR) is 56.1 cm³/mol. The van der Waals surface area contributed by atoms with Gasteiger partial charge in [0.25, 0.3) is 0 Å². The highest BCUT2D eigenvalue weighted by atomic mass is 16.5. The SMILES string of the molecule is CCCCOC(=O)CN(C)C1CCC1. The highest BCUT2D eigenvalue weighted by Crippen LogP contribution is 2.23. The topological polar surface area (TPSA) is 29.5 Å². The number of carbonyl (C=O) groups excluding carboxylic acids is 1. The summed E-state index contributed by atoms with van der Waals surface area (Å²) in [5.74, 6) is -0.0761. The lowest BCUT2D eigenvalue weighted by molar-refractivity contribution is -0.145. The van der Waals surface area contributed by atoms with Crippen LogP contribution in [0.3, 0.4) is 0 Å². The van der Waals surface area contributed by atoms with E-state index >= 15 is 0 Å². The molecule has 0 N–H and O–H groups in total. The summed E-state index contributed by atoms with van der Waals surface area (Å²) in [6.45, 7) is 3.12. The van der Waals surface area contributed by atoms with Gasteiger partial charge in [-0.25, -0.2) is 0 Å². The van der Waals surface area contributed by atoms with Gasteiger partial charge in [0.2, 0.25) is 0 Å². The molecule has 1 saturated carbocycles.